The summed E-state index contributed by atoms with van der Waals surface area (Å²) in [5.74, 6) is 2.13. The Kier molecular flexibility index (Phi) is 5.14. The van der Waals surface area contributed by atoms with Crippen LogP contribution >= 0.6 is 23.5 Å². The lowest BCUT2D eigenvalue weighted by atomic mass is 10.1. The maximum Gasteiger partial charge on any atom is 0.244 e. The predicted octanol–water partition coefficient (Wildman–Crippen LogP) is 3.43. The minimum atomic E-state index is -0.0363. The molecule has 0 aliphatic carbocycles. The van der Waals surface area contributed by atoms with Crippen molar-refractivity contribution in [3.05, 3.63) is 29.5 Å². The number of carbonyl (C=O) groups excluding carboxylic acids is 1. The third-order valence-electron chi connectivity index (χ3n) is 2.59. The summed E-state index contributed by atoms with van der Waals surface area (Å²) in [6.45, 7) is 2.03. The van der Waals surface area contributed by atoms with Gasteiger partial charge in [-0.15, -0.1) is 0 Å². The van der Waals surface area contributed by atoms with E-state index < -0.39 is 0 Å². The topological polar surface area (TPSA) is 47.9 Å². The first kappa shape index (κ1) is 15.0. The Labute approximate surface area is 126 Å². The van der Waals surface area contributed by atoms with Gasteiger partial charge in [0, 0.05) is 5.56 Å². The van der Waals surface area contributed by atoms with Crippen molar-refractivity contribution in [2.24, 2.45) is 4.99 Å². The standard InChI is InChI=1S/C14H15NO3S2/c1-4-19-14-15-10(13(16)20-14)8-9-6-5-7-11(17-2)12(9)18-3/h5-8H,4H2,1-3H3/b10-8-. The van der Waals surface area contributed by atoms with Gasteiger partial charge in [-0.25, -0.2) is 4.99 Å². The van der Waals surface area contributed by atoms with Gasteiger partial charge < -0.3 is 9.47 Å². The van der Waals surface area contributed by atoms with E-state index in [4.69, 9.17) is 9.47 Å². The maximum absolute atomic E-state index is 11.9. The van der Waals surface area contributed by atoms with Gasteiger partial charge in [0.2, 0.25) is 5.12 Å². The van der Waals surface area contributed by atoms with Gasteiger partial charge in [0.25, 0.3) is 0 Å². The summed E-state index contributed by atoms with van der Waals surface area (Å²) in [4.78, 5) is 16.3. The quantitative estimate of drug-likeness (QED) is 0.798. The highest BCUT2D eigenvalue weighted by Crippen LogP contribution is 2.35. The van der Waals surface area contributed by atoms with Gasteiger partial charge in [-0.3, -0.25) is 4.79 Å². The van der Waals surface area contributed by atoms with Crippen LogP contribution in [0.15, 0.2) is 28.9 Å². The van der Waals surface area contributed by atoms with Crippen LogP contribution in [0.1, 0.15) is 12.5 Å². The average molecular weight is 309 g/mol. The number of aliphatic imine (C=N–C) groups is 1. The lowest BCUT2D eigenvalue weighted by molar-refractivity contribution is -0.107. The largest absolute Gasteiger partial charge is 0.493 e. The van der Waals surface area contributed by atoms with Crippen LogP contribution in [0.4, 0.5) is 0 Å². The van der Waals surface area contributed by atoms with Crippen molar-refractivity contribution in [3.63, 3.8) is 0 Å². The number of ether oxygens (including phenoxy) is 2. The molecule has 106 valence electrons. The molecule has 6 heteroatoms. The van der Waals surface area contributed by atoms with Crippen molar-refractivity contribution in [1.29, 1.82) is 0 Å². The highest BCUT2D eigenvalue weighted by atomic mass is 32.2. The molecule has 0 saturated carbocycles. The van der Waals surface area contributed by atoms with Crippen LogP contribution in [0, 0.1) is 0 Å². The first-order valence-electron chi connectivity index (χ1n) is 6.06. The summed E-state index contributed by atoms with van der Waals surface area (Å²) in [6, 6.07) is 5.53. The van der Waals surface area contributed by atoms with Crippen LogP contribution in [0.3, 0.4) is 0 Å². The minimum Gasteiger partial charge on any atom is -0.493 e. The zero-order valence-electron chi connectivity index (χ0n) is 11.5. The molecule has 0 aromatic heterocycles. The lowest BCUT2D eigenvalue weighted by Crippen LogP contribution is -1.94. The molecule has 0 N–H and O–H groups in total. The predicted molar refractivity (Wildman–Crippen MR) is 85.7 cm³/mol. The minimum absolute atomic E-state index is 0.0363. The van der Waals surface area contributed by atoms with Gasteiger partial charge in [-0.2, -0.15) is 0 Å². The van der Waals surface area contributed by atoms with Crippen LogP contribution in [-0.2, 0) is 4.79 Å². The lowest BCUT2D eigenvalue weighted by Gasteiger charge is -2.09. The summed E-state index contributed by atoms with van der Waals surface area (Å²) in [5, 5.41) is -0.0363. The molecule has 1 aliphatic rings. The van der Waals surface area contributed by atoms with Crippen molar-refractivity contribution >= 4 is 39.1 Å². The van der Waals surface area contributed by atoms with Gasteiger partial charge in [-0.1, -0.05) is 30.8 Å². The number of hydrogen-bond acceptors (Lipinski definition) is 6. The SMILES string of the molecule is CCSC1=N/C(=C\c2cccc(OC)c2OC)C(=O)S1. The van der Waals surface area contributed by atoms with Crippen LogP contribution in [-0.4, -0.2) is 29.5 Å². The third-order valence-corrected chi connectivity index (χ3v) is 4.49. The van der Waals surface area contributed by atoms with Crippen LogP contribution in [0.25, 0.3) is 6.08 Å². The number of hydrogen-bond donors (Lipinski definition) is 0. The highest BCUT2D eigenvalue weighted by molar-refractivity contribution is 8.45. The number of rotatable bonds is 4. The Morgan fingerprint density at radius 3 is 2.80 bits per heavy atom. The van der Waals surface area contributed by atoms with E-state index in [0.29, 0.717) is 17.2 Å². The molecule has 1 aliphatic heterocycles. The van der Waals surface area contributed by atoms with Crippen molar-refractivity contribution < 1.29 is 14.3 Å². The molecule has 0 amide bonds. The van der Waals surface area contributed by atoms with E-state index in [-0.39, 0.29) is 5.12 Å². The molecular formula is C14H15NO3S2. The van der Waals surface area contributed by atoms with Gasteiger partial charge in [-0.05, 0) is 29.7 Å². The Bertz CT molecular complexity index is 582. The van der Waals surface area contributed by atoms with E-state index in [1.165, 1.54) is 11.8 Å². The number of thioether (sulfide) groups is 2. The smallest absolute Gasteiger partial charge is 0.244 e. The Balaban J connectivity index is 2.38. The molecule has 1 aromatic carbocycles. The average Bonchev–Trinajstić information content (AvgIpc) is 2.79. The number of benzene rings is 1. The van der Waals surface area contributed by atoms with Crippen molar-refractivity contribution in [1.82, 2.24) is 0 Å². The molecule has 20 heavy (non-hydrogen) atoms. The number of para-hydroxylation sites is 1. The first-order valence-corrected chi connectivity index (χ1v) is 7.86. The van der Waals surface area contributed by atoms with E-state index in [0.717, 1.165) is 15.7 Å². The summed E-state index contributed by atoms with van der Waals surface area (Å²) in [7, 11) is 3.16. The first-order chi connectivity index (χ1) is 9.69. The second-order valence-corrected chi connectivity index (χ2v) is 6.29. The maximum atomic E-state index is 11.9. The fourth-order valence-electron chi connectivity index (χ4n) is 1.75. The monoisotopic (exact) mass is 309 g/mol. The van der Waals surface area contributed by atoms with Crippen molar-refractivity contribution in [3.8, 4) is 11.5 Å². The summed E-state index contributed by atoms with van der Waals surface area (Å²) in [5.41, 5.74) is 1.22. The molecule has 1 heterocycles. The molecular weight excluding hydrogens is 294 g/mol. The second kappa shape index (κ2) is 6.85. The molecule has 0 unspecified atom stereocenters. The fraction of sp³-hybridized carbons (Fsp3) is 0.286. The van der Waals surface area contributed by atoms with Gasteiger partial charge >= 0.3 is 0 Å². The van der Waals surface area contributed by atoms with Crippen LogP contribution in [0.5, 0.6) is 11.5 Å². The second-order valence-electron chi connectivity index (χ2n) is 3.81. The number of carbonyl (C=O) groups is 1. The normalized spacial score (nSPS) is 16.4. The van der Waals surface area contributed by atoms with Crippen LogP contribution < -0.4 is 9.47 Å². The Morgan fingerprint density at radius 2 is 2.15 bits per heavy atom. The molecule has 2 rings (SSSR count). The van der Waals surface area contributed by atoms with Crippen molar-refractivity contribution in [2.45, 2.75) is 6.92 Å². The van der Waals surface area contributed by atoms with E-state index >= 15 is 0 Å². The molecule has 0 fully saturated rings. The van der Waals surface area contributed by atoms with Gasteiger partial charge in [0.1, 0.15) is 10.1 Å². The fourth-order valence-corrected chi connectivity index (χ4v) is 3.49. The molecule has 1 aromatic rings. The Hall–Kier alpha value is -1.40. The zero-order valence-corrected chi connectivity index (χ0v) is 13.1. The zero-order chi connectivity index (χ0) is 14.5. The molecule has 0 radical (unpaired) electrons. The third kappa shape index (κ3) is 3.19. The molecule has 0 bridgehead atoms. The Morgan fingerprint density at radius 1 is 1.35 bits per heavy atom. The van der Waals surface area contributed by atoms with Crippen LogP contribution in [0.2, 0.25) is 0 Å². The summed E-state index contributed by atoms with van der Waals surface area (Å²) in [6.07, 6.45) is 1.74. The van der Waals surface area contributed by atoms with E-state index in [2.05, 4.69) is 4.99 Å². The highest BCUT2D eigenvalue weighted by Gasteiger charge is 2.22. The van der Waals surface area contributed by atoms with Gasteiger partial charge in [0.05, 0.1) is 14.2 Å². The van der Waals surface area contributed by atoms with E-state index in [1.54, 1.807) is 32.1 Å². The molecule has 0 spiro atoms. The van der Waals surface area contributed by atoms with E-state index in [9.17, 15) is 4.79 Å². The summed E-state index contributed by atoms with van der Waals surface area (Å²) < 4.78 is 11.4. The molecule has 0 saturated heterocycles. The number of methoxy groups -OCH3 is 2. The van der Waals surface area contributed by atoms with Crippen molar-refractivity contribution in [2.75, 3.05) is 20.0 Å². The number of nitrogens with zero attached hydrogens (tertiary/aromatic N) is 1. The molecule has 4 nitrogen and oxygen atoms in total. The van der Waals surface area contributed by atoms with E-state index in [1.807, 2.05) is 25.1 Å². The van der Waals surface area contributed by atoms with Gasteiger partial charge in [0.15, 0.2) is 11.5 Å². The summed E-state index contributed by atoms with van der Waals surface area (Å²) >= 11 is 2.74. The molecule has 0 atom stereocenters.